The Morgan fingerprint density at radius 3 is 2.29 bits per heavy atom. The number of carboxylic acid groups (broad SMARTS) is 1. The normalized spacial score (nSPS) is 17.8. The molecule has 0 saturated carbocycles. The lowest BCUT2D eigenvalue weighted by molar-refractivity contribution is -0.143. The van der Waals surface area contributed by atoms with Crippen LogP contribution in [0.25, 0.3) is 17.2 Å². The molecule has 0 bridgehead atoms. The Hall–Kier alpha value is -3.18. The van der Waals surface area contributed by atoms with Gasteiger partial charge in [-0.15, -0.1) is 0 Å². The van der Waals surface area contributed by atoms with Gasteiger partial charge >= 0.3 is 18.3 Å². The molecule has 8 nitrogen and oxygen atoms in total. The first-order chi connectivity index (χ1) is 19.7. The molecule has 2 aliphatic heterocycles. The number of alkyl halides is 6. The number of hydrogen-bond donors (Lipinski definition) is 2. The molecule has 0 spiro atoms. The maximum absolute atomic E-state index is 13.5. The maximum Gasteiger partial charge on any atom is 0.416 e. The fraction of sp³-hybridized carbons (Fsp3) is 0.346. The van der Waals surface area contributed by atoms with Crippen LogP contribution in [0.2, 0.25) is 0 Å². The van der Waals surface area contributed by atoms with E-state index in [4.69, 9.17) is 26.8 Å². The molecular formula is C26H23F6N3O5S2. The highest BCUT2D eigenvalue weighted by atomic mass is 32.2. The average molecular weight is 636 g/mol. The van der Waals surface area contributed by atoms with Crippen molar-refractivity contribution < 1.29 is 50.5 Å². The van der Waals surface area contributed by atoms with Crippen LogP contribution in [0.4, 0.5) is 26.3 Å². The Morgan fingerprint density at radius 1 is 1.05 bits per heavy atom. The van der Waals surface area contributed by atoms with Crippen molar-refractivity contribution in [2.45, 2.75) is 12.4 Å². The van der Waals surface area contributed by atoms with E-state index in [1.54, 1.807) is 0 Å². The zero-order valence-electron chi connectivity index (χ0n) is 21.6. The summed E-state index contributed by atoms with van der Waals surface area (Å²) in [4.78, 5) is 26.0. The molecule has 2 aliphatic rings. The molecule has 0 radical (unpaired) electrons. The van der Waals surface area contributed by atoms with Crippen LogP contribution < -0.4 is 10.2 Å². The fourth-order valence-electron chi connectivity index (χ4n) is 4.10. The molecule has 0 aliphatic carbocycles. The molecule has 0 atom stereocenters. The van der Waals surface area contributed by atoms with Crippen LogP contribution in [0.5, 0.6) is 5.75 Å². The number of morpholine rings is 1. The summed E-state index contributed by atoms with van der Waals surface area (Å²) in [6, 6.07) is 5.32. The molecule has 226 valence electrons. The van der Waals surface area contributed by atoms with Crippen LogP contribution in [0.1, 0.15) is 16.7 Å². The quantitative estimate of drug-likeness (QED) is 0.227. The predicted molar refractivity (Wildman–Crippen MR) is 145 cm³/mol. The van der Waals surface area contributed by atoms with Crippen molar-refractivity contribution in [1.82, 2.24) is 15.3 Å². The summed E-state index contributed by atoms with van der Waals surface area (Å²) in [7, 11) is 0. The standard InChI is InChI=1S/C26H23F6N3O5S2/c27-25(28,29)18-10-16(11-19(13-18)26(30,31)32)15-1-2-20(40-8-5-34-3-6-39-7-4-34)17(9-15)12-21-23(38)35(24(41)42-21)33-14-22(36)37/h1-2,9-13,33H,3-8,14H2,(H,36,37)/b21-12-. The monoisotopic (exact) mass is 635 g/mol. The number of nitrogens with zero attached hydrogens (tertiary/aromatic N) is 2. The minimum Gasteiger partial charge on any atom is -0.492 e. The third-order valence-corrected chi connectivity index (χ3v) is 7.47. The van der Waals surface area contributed by atoms with E-state index in [9.17, 15) is 35.9 Å². The average Bonchev–Trinajstić information content (AvgIpc) is 3.19. The van der Waals surface area contributed by atoms with Gasteiger partial charge in [0.1, 0.15) is 18.9 Å². The van der Waals surface area contributed by atoms with Crippen molar-refractivity contribution >= 4 is 46.3 Å². The molecular weight excluding hydrogens is 612 g/mol. The zero-order valence-corrected chi connectivity index (χ0v) is 23.2. The summed E-state index contributed by atoms with van der Waals surface area (Å²) >= 11 is 5.99. The van der Waals surface area contributed by atoms with E-state index < -0.39 is 41.9 Å². The maximum atomic E-state index is 13.5. The second kappa shape index (κ2) is 13.0. The molecule has 2 saturated heterocycles. The second-order valence-corrected chi connectivity index (χ2v) is 10.8. The van der Waals surface area contributed by atoms with E-state index in [1.807, 2.05) is 0 Å². The van der Waals surface area contributed by atoms with Crippen LogP contribution in [-0.4, -0.2) is 77.2 Å². The van der Waals surface area contributed by atoms with Gasteiger partial charge in [-0.05, 0) is 47.5 Å². The number of ether oxygens (including phenoxy) is 2. The first-order valence-electron chi connectivity index (χ1n) is 12.3. The predicted octanol–water partition coefficient (Wildman–Crippen LogP) is 4.89. The molecule has 2 fully saturated rings. The number of benzene rings is 2. The molecule has 2 aromatic rings. The van der Waals surface area contributed by atoms with Crippen molar-refractivity contribution in [2.75, 3.05) is 46.0 Å². The Balaban J connectivity index is 1.71. The minimum atomic E-state index is -5.03. The van der Waals surface area contributed by atoms with Gasteiger partial charge in [0.05, 0.1) is 29.2 Å². The summed E-state index contributed by atoms with van der Waals surface area (Å²) < 4.78 is 92.1. The Kier molecular flexibility index (Phi) is 9.82. The Morgan fingerprint density at radius 2 is 1.69 bits per heavy atom. The number of thioether (sulfide) groups is 1. The molecule has 4 rings (SSSR count). The van der Waals surface area contributed by atoms with E-state index in [-0.39, 0.29) is 44.3 Å². The highest BCUT2D eigenvalue weighted by Crippen LogP contribution is 2.40. The number of hydrogen-bond acceptors (Lipinski definition) is 8. The third kappa shape index (κ3) is 8.01. The molecule has 2 aromatic carbocycles. The highest BCUT2D eigenvalue weighted by molar-refractivity contribution is 8.26. The van der Waals surface area contributed by atoms with Crippen LogP contribution in [0, 0.1) is 0 Å². The van der Waals surface area contributed by atoms with E-state index in [0.717, 1.165) is 16.8 Å². The number of amides is 1. The number of carbonyl (C=O) groups is 2. The number of nitrogens with one attached hydrogen (secondary N) is 1. The lowest BCUT2D eigenvalue weighted by Crippen LogP contribution is -2.43. The van der Waals surface area contributed by atoms with Gasteiger partial charge in [-0.2, -0.15) is 26.3 Å². The molecule has 2 heterocycles. The molecule has 16 heteroatoms. The van der Waals surface area contributed by atoms with Crippen molar-refractivity contribution in [3.05, 3.63) is 58.0 Å². The number of carboxylic acids is 1. The van der Waals surface area contributed by atoms with Gasteiger partial charge in [-0.3, -0.25) is 14.5 Å². The molecule has 2 N–H and O–H groups in total. The topological polar surface area (TPSA) is 91.3 Å². The van der Waals surface area contributed by atoms with Crippen molar-refractivity contribution in [3.8, 4) is 16.9 Å². The molecule has 42 heavy (non-hydrogen) atoms. The molecule has 1 amide bonds. The van der Waals surface area contributed by atoms with Gasteiger partial charge in [-0.1, -0.05) is 30.0 Å². The zero-order chi connectivity index (χ0) is 30.7. The largest absolute Gasteiger partial charge is 0.492 e. The minimum absolute atomic E-state index is 0.00568. The van der Waals surface area contributed by atoms with Crippen LogP contribution in [-0.2, 0) is 26.7 Å². The summed E-state index contributed by atoms with van der Waals surface area (Å²) in [6.45, 7) is 2.64. The van der Waals surface area contributed by atoms with Crippen LogP contribution in [0.15, 0.2) is 41.3 Å². The van der Waals surface area contributed by atoms with E-state index in [2.05, 4.69) is 10.3 Å². The molecule has 0 aromatic heterocycles. The SMILES string of the molecule is O=C(O)CNN1C(=O)/C(=C/c2cc(-c3cc(C(F)(F)F)cc(C(F)(F)F)c3)ccc2OCCN2CCOCC2)SC1=S. The number of aliphatic carboxylic acids is 1. The second-order valence-electron chi connectivity index (χ2n) is 9.10. The van der Waals surface area contributed by atoms with Gasteiger partial charge in [0.25, 0.3) is 5.91 Å². The summed E-state index contributed by atoms with van der Waals surface area (Å²) in [5.41, 5.74) is -0.694. The van der Waals surface area contributed by atoms with Gasteiger partial charge in [-0.25, -0.2) is 10.4 Å². The van der Waals surface area contributed by atoms with Crippen LogP contribution >= 0.6 is 24.0 Å². The van der Waals surface area contributed by atoms with Crippen molar-refractivity contribution in [2.24, 2.45) is 0 Å². The third-order valence-electron chi connectivity index (χ3n) is 6.17. The van der Waals surface area contributed by atoms with Crippen LogP contribution in [0.3, 0.4) is 0 Å². The van der Waals surface area contributed by atoms with Crippen molar-refractivity contribution in [3.63, 3.8) is 0 Å². The number of hydrazine groups is 1. The first-order valence-corrected chi connectivity index (χ1v) is 13.5. The van der Waals surface area contributed by atoms with E-state index in [1.165, 1.54) is 24.3 Å². The summed E-state index contributed by atoms with van der Waals surface area (Å²) in [6.07, 6.45) is -8.72. The Labute approximate surface area is 245 Å². The van der Waals surface area contributed by atoms with E-state index >= 15 is 0 Å². The fourth-order valence-corrected chi connectivity index (χ4v) is 5.30. The summed E-state index contributed by atoms with van der Waals surface area (Å²) in [5.74, 6) is -1.70. The highest BCUT2D eigenvalue weighted by Gasteiger charge is 2.37. The number of carbonyl (C=O) groups excluding carboxylic acids is 1. The lowest BCUT2D eigenvalue weighted by Gasteiger charge is -2.26. The Bertz CT molecular complexity index is 1360. The van der Waals surface area contributed by atoms with Gasteiger partial charge in [0.2, 0.25) is 0 Å². The molecule has 0 unspecified atom stereocenters. The van der Waals surface area contributed by atoms with Gasteiger partial charge in [0, 0.05) is 25.2 Å². The lowest BCUT2D eigenvalue weighted by atomic mass is 9.97. The number of thiocarbonyl (C=S) groups is 1. The first kappa shape index (κ1) is 31.7. The van der Waals surface area contributed by atoms with Gasteiger partial charge < -0.3 is 14.6 Å². The summed E-state index contributed by atoms with van der Waals surface area (Å²) in [5, 5.41) is 9.77. The van der Waals surface area contributed by atoms with Gasteiger partial charge in [0.15, 0.2) is 4.32 Å². The van der Waals surface area contributed by atoms with Crippen molar-refractivity contribution in [1.29, 1.82) is 0 Å². The smallest absolute Gasteiger partial charge is 0.416 e. The number of rotatable bonds is 9. The number of halogens is 6. The van der Waals surface area contributed by atoms with E-state index in [0.29, 0.717) is 45.0 Å².